The van der Waals surface area contributed by atoms with Gasteiger partial charge >= 0.3 is 12.0 Å². The molecule has 0 atom stereocenters. The summed E-state index contributed by atoms with van der Waals surface area (Å²) in [6, 6.07) is 5.25. The highest BCUT2D eigenvalue weighted by Crippen LogP contribution is 2.42. The SMILES string of the molecule is Cc1ccc(-c2c(C)c3c(c(C)c2CC(=O)O)CN(C(=O)N2CCC(F)(F)C2)C3)c(Cl)c1. The molecule has 170 valence electrons. The Morgan fingerprint density at radius 2 is 1.75 bits per heavy atom. The summed E-state index contributed by atoms with van der Waals surface area (Å²) in [5.41, 5.74) is 6.69. The quantitative estimate of drug-likeness (QED) is 0.670. The Kier molecular flexibility index (Phi) is 5.65. The number of carbonyl (C=O) groups is 2. The van der Waals surface area contributed by atoms with E-state index in [4.69, 9.17) is 11.6 Å². The van der Waals surface area contributed by atoms with E-state index < -0.39 is 24.5 Å². The number of likely N-dealkylation sites (tertiary alicyclic amines) is 1. The first-order valence-electron chi connectivity index (χ1n) is 10.5. The van der Waals surface area contributed by atoms with Gasteiger partial charge in [0.25, 0.3) is 5.92 Å². The van der Waals surface area contributed by atoms with Crippen molar-refractivity contribution in [3.05, 3.63) is 56.6 Å². The summed E-state index contributed by atoms with van der Waals surface area (Å²) in [6.45, 7) is 5.74. The molecule has 0 aliphatic carbocycles. The lowest BCUT2D eigenvalue weighted by Gasteiger charge is -2.23. The Bertz CT molecular complexity index is 1130. The lowest BCUT2D eigenvalue weighted by atomic mass is 9.84. The molecule has 4 rings (SSSR count). The highest BCUT2D eigenvalue weighted by atomic mass is 35.5. The zero-order chi connectivity index (χ0) is 23.4. The number of carbonyl (C=O) groups excluding carboxylic acids is 1. The van der Waals surface area contributed by atoms with Gasteiger partial charge in [-0.3, -0.25) is 4.79 Å². The predicted octanol–water partition coefficient (Wildman–Crippen LogP) is 5.34. The number of aliphatic carboxylic acids is 1. The number of fused-ring (bicyclic) bond motifs is 1. The van der Waals surface area contributed by atoms with Crippen LogP contribution in [-0.2, 0) is 24.3 Å². The summed E-state index contributed by atoms with van der Waals surface area (Å²) in [6.07, 6.45) is -0.498. The van der Waals surface area contributed by atoms with Crippen LogP contribution in [0.1, 0.15) is 39.8 Å². The highest BCUT2D eigenvalue weighted by Gasteiger charge is 2.42. The fourth-order valence-corrected chi connectivity index (χ4v) is 5.19. The number of amides is 2. The lowest BCUT2D eigenvalue weighted by molar-refractivity contribution is -0.136. The van der Waals surface area contributed by atoms with Crippen molar-refractivity contribution in [3.63, 3.8) is 0 Å². The van der Waals surface area contributed by atoms with Crippen LogP contribution in [0.15, 0.2) is 18.2 Å². The van der Waals surface area contributed by atoms with Gasteiger partial charge in [0.2, 0.25) is 0 Å². The molecule has 2 aromatic rings. The van der Waals surface area contributed by atoms with Crippen LogP contribution < -0.4 is 0 Å². The van der Waals surface area contributed by atoms with Gasteiger partial charge in [0.15, 0.2) is 0 Å². The van der Waals surface area contributed by atoms with Crippen molar-refractivity contribution in [3.8, 4) is 11.1 Å². The molecule has 5 nitrogen and oxygen atoms in total. The van der Waals surface area contributed by atoms with Crippen molar-refractivity contribution in [2.24, 2.45) is 0 Å². The Morgan fingerprint density at radius 3 is 2.31 bits per heavy atom. The van der Waals surface area contributed by atoms with Crippen LogP contribution in [0, 0.1) is 20.8 Å². The van der Waals surface area contributed by atoms with E-state index in [2.05, 4.69) is 0 Å². The number of carboxylic acid groups (broad SMARTS) is 1. The minimum atomic E-state index is -2.85. The molecule has 0 unspecified atom stereocenters. The van der Waals surface area contributed by atoms with Gasteiger partial charge in [0, 0.05) is 36.6 Å². The molecule has 0 radical (unpaired) electrons. The van der Waals surface area contributed by atoms with E-state index in [0.717, 1.165) is 38.9 Å². The largest absolute Gasteiger partial charge is 0.481 e. The van der Waals surface area contributed by atoms with Crippen LogP contribution >= 0.6 is 11.6 Å². The van der Waals surface area contributed by atoms with Crippen LogP contribution in [0.5, 0.6) is 0 Å². The second-order valence-corrected chi connectivity index (χ2v) is 9.19. The Hall–Kier alpha value is -2.67. The van der Waals surface area contributed by atoms with Crippen LogP contribution in [0.25, 0.3) is 11.1 Å². The highest BCUT2D eigenvalue weighted by molar-refractivity contribution is 6.33. The number of rotatable bonds is 3. The van der Waals surface area contributed by atoms with Gasteiger partial charge in [0.1, 0.15) is 0 Å². The molecule has 0 aromatic heterocycles. The van der Waals surface area contributed by atoms with E-state index in [0.29, 0.717) is 17.1 Å². The van der Waals surface area contributed by atoms with E-state index in [9.17, 15) is 23.5 Å². The lowest BCUT2D eigenvalue weighted by Crippen LogP contribution is -2.40. The summed E-state index contributed by atoms with van der Waals surface area (Å²) in [4.78, 5) is 27.4. The molecule has 32 heavy (non-hydrogen) atoms. The minimum Gasteiger partial charge on any atom is -0.481 e. The average molecular weight is 463 g/mol. The van der Waals surface area contributed by atoms with E-state index in [-0.39, 0.29) is 25.9 Å². The number of hydrogen-bond acceptors (Lipinski definition) is 2. The number of urea groups is 1. The third kappa shape index (κ3) is 3.94. The fraction of sp³-hybridized carbons (Fsp3) is 0.417. The zero-order valence-corrected chi connectivity index (χ0v) is 19.0. The third-order valence-corrected chi connectivity index (χ3v) is 6.84. The molecule has 2 aliphatic heterocycles. The minimum absolute atomic E-state index is 0.0329. The van der Waals surface area contributed by atoms with Crippen LogP contribution in [-0.4, -0.2) is 45.9 Å². The Balaban J connectivity index is 1.78. The predicted molar refractivity (Wildman–Crippen MR) is 118 cm³/mol. The van der Waals surface area contributed by atoms with Gasteiger partial charge in [-0.1, -0.05) is 23.7 Å². The fourth-order valence-electron chi connectivity index (χ4n) is 4.86. The molecule has 8 heteroatoms. The van der Waals surface area contributed by atoms with Gasteiger partial charge in [-0.25, -0.2) is 13.6 Å². The molecule has 1 saturated heterocycles. The van der Waals surface area contributed by atoms with E-state index in [1.807, 2.05) is 39.0 Å². The molecular weight excluding hydrogens is 438 g/mol. The number of aryl methyl sites for hydroxylation is 1. The Labute approximate surface area is 190 Å². The topological polar surface area (TPSA) is 60.9 Å². The molecule has 0 saturated carbocycles. The number of alkyl halides is 2. The molecule has 2 amide bonds. The summed E-state index contributed by atoms with van der Waals surface area (Å²) in [5.74, 6) is -3.81. The van der Waals surface area contributed by atoms with Crippen LogP contribution in [0.2, 0.25) is 5.02 Å². The van der Waals surface area contributed by atoms with Crippen molar-refractivity contribution in [1.82, 2.24) is 9.80 Å². The number of hydrogen-bond donors (Lipinski definition) is 1. The van der Waals surface area contributed by atoms with Crippen molar-refractivity contribution >= 4 is 23.6 Å². The second kappa shape index (κ2) is 8.03. The maximum atomic E-state index is 13.6. The van der Waals surface area contributed by atoms with Crippen molar-refractivity contribution < 1.29 is 23.5 Å². The molecule has 2 aliphatic rings. The average Bonchev–Trinajstić information content (AvgIpc) is 3.30. The standard InChI is InChI=1S/C24H25ClF2N2O3/c1-13-4-5-16(20(25)8-13)22-15(3)19-11-29(23(32)28-7-6-24(26,27)12-28)10-18(19)14(2)17(22)9-21(30)31/h4-5,8H,6-7,9-12H2,1-3H3,(H,30,31). The molecular formula is C24H25ClF2N2O3. The van der Waals surface area contributed by atoms with Crippen molar-refractivity contribution in [2.45, 2.75) is 52.6 Å². The van der Waals surface area contributed by atoms with Gasteiger partial charge in [-0.15, -0.1) is 0 Å². The second-order valence-electron chi connectivity index (χ2n) is 8.78. The molecule has 1 fully saturated rings. The molecule has 2 aromatic carbocycles. The summed E-state index contributed by atoms with van der Waals surface area (Å²) in [7, 11) is 0. The summed E-state index contributed by atoms with van der Waals surface area (Å²) >= 11 is 6.55. The van der Waals surface area contributed by atoms with Gasteiger partial charge < -0.3 is 14.9 Å². The smallest absolute Gasteiger partial charge is 0.320 e. The maximum Gasteiger partial charge on any atom is 0.320 e. The zero-order valence-electron chi connectivity index (χ0n) is 18.3. The first kappa shape index (κ1) is 22.5. The van der Waals surface area contributed by atoms with E-state index in [1.165, 1.54) is 4.90 Å². The van der Waals surface area contributed by atoms with Gasteiger partial charge in [0.05, 0.1) is 13.0 Å². The molecule has 1 N–H and O–H groups in total. The third-order valence-electron chi connectivity index (χ3n) is 6.53. The van der Waals surface area contributed by atoms with Gasteiger partial charge in [-0.2, -0.15) is 0 Å². The van der Waals surface area contributed by atoms with Crippen LogP contribution in [0.4, 0.5) is 13.6 Å². The normalized spacial score (nSPS) is 17.1. The Morgan fingerprint density at radius 1 is 1.09 bits per heavy atom. The van der Waals surface area contributed by atoms with Crippen molar-refractivity contribution in [1.29, 1.82) is 0 Å². The first-order valence-corrected chi connectivity index (χ1v) is 10.9. The van der Waals surface area contributed by atoms with Gasteiger partial charge in [-0.05, 0) is 65.8 Å². The van der Waals surface area contributed by atoms with E-state index in [1.54, 1.807) is 4.90 Å². The number of halogens is 3. The first-order chi connectivity index (χ1) is 15.0. The molecule has 2 heterocycles. The number of carboxylic acids is 1. The monoisotopic (exact) mass is 462 g/mol. The summed E-state index contributed by atoms with van der Waals surface area (Å²) < 4.78 is 27.3. The molecule has 0 spiro atoms. The summed E-state index contributed by atoms with van der Waals surface area (Å²) in [5, 5.41) is 10.1. The maximum absolute atomic E-state index is 13.6. The van der Waals surface area contributed by atoms with Crippen LogP contribution in [0.3, 0.4) is 0 Å². The number of benzene rings is 2. The van der Waals surface area contributed by atoms with Crippen molar-refractivity contribution in [2.75, 3.05) is 13.1 Å². The molecule has 0 bridgehead atoms. The van der Waals surface area contributed by atoms with E-state index >= 15 is 0 Å². The number of nitrogens with zero attached hydrogens (tertiary/aromatic N) is 2.